The van der Waals surface area contributed by atoms with E-state index in [1.807, 2.05) is 12.1 Å². The third kappa shape index (κ3) is 6.46. The van der Waals surface area contributed by atoms with E-state index in [2.05, 4.69) is 40.5 Å². The first kappa shape index (κ1) is 30.2. The monoisotopic (exact) mass is 560 g/mol. The van der Waals surface area contributed by atoms with Crippen molar-refractivity contribution in [3.63, 3.8) is 0 Å². The number of aryl methyl sites for hydroxylation is 2. The molecule has 0 radical (unpaired) electrons. The summed E-state index contributed by atoms with van der Waals surface area (Å²) in [6.07, 6.45) is 7.49. The molecule has 5 rings (SSSR count). The highest BCUT2D eigenvalue weighted by Crippen LogP contribution is 2.38. The van der Waals surface area contributed by atoms with Crippen LogP contribution in [0.1, 0.15) is 44.1 Å². The number of nitrogens with zero attached hydrogens (tertiary/aromatic N) is 4. The number of hydrogen-bond acceptors (Lipinski definition) is 5. The highest BCUT2D eigenvalue weighted by atomic mass is 35.5. The fraction of sp³-hybridized carbons (Fsp3) is 0.577. The number of halogens is 3. The number of thiazole rings is 1. The van der Waals surface area contributed by atoms with Crippen LogP contribution in [0.5, 0.6) is 5.75 Å². The highest BCUT2D eigenvalue weighted by molar-refractivity contribution is 7.16. The second-order valence-corrected chi connectivity index (χ2v) is 10.6. The van der Waals surface area contributed by atoms with Gasteiger partial charge in [-0.1, -0.05) is 54.9 Å². The molecule has 1 aliphatic carbocycles. The molecule has 1 aliphatic heterocycles. The fourth-order valence-electron chi connectivity index (χ4n) is 5.33. The minimum atomic E-state index is 0. The maximum atomic E-state index is 10.9. The molecule has 2 aliphatic rings. The van der Waals surface area contributed by atoms with Gasteiger partial charge >= 0.3 is 0 Å². The van der Waals surface area contributed by atoms with Crippen LogP contribution in [0.4, 0.5) is 0 Å². The molecule has 0 unspecified atom stereocenters. The molecule has 196 valence electrons. The zero-order valence-corrected chi connectivity index (χ0v) is 24.0. The van der Waals surface area contributed by atoms with Crippen molar-refractivity contribution in [2.45, 2.75) is 58.0 Å². The number of aromatic nitrogens is 1. The highest BCUT2D eigenvalue weighted by Gasteiger charge is 2.19. The van der Waals surface area contributed by atoms with Gasteiger partial charge < -0.3 is 19.5 Å². The summed E-state index contributed by atoms with van der Waals surface area (Å²) >= 11 is 1.78. The Morgan fingerprint density at radius 3 is 2.29 bits per heavy atom. The van der Waals surface area contributed by atoms with E-state index in [9.17, 15) is 5.11 Å². The normalized spacial score (nSPS) is 18.3. The van der Waals surface area contributed by atoms with Gasteiger partial charge in [0.2, 0.25) is 0 Å². The Balaban J connectivity index is 0.00000144. The molecule has 35 heavy (non-hydrogen) atoms. The quantitative estimate of drug-likeness (QED) is 0.415. The maximum Gasteiger partial charge on any atom is 0.186 e. The molecule has 2 fully saturated rings. The SMILES string of the molecule is Cc1c(O)c2ccccc2c2c1s/c(=N/C1CCCCC1)n2CCCN1CCN(C)CC1.Cl.Cl.Cl. The Kier molecular flexibility index (Phi) is 11.7. The molecule has 1 N–H and O–H groups in total. The van der Waals surface area contributed by atoms with Crippen molar-refractivity contribution in [2.75, 3.05) is 39.8 Å². The summed E-state index contributed by atoms with van der Waals surface area (Å²) in [5.74, 6) is 0.420. The predicted octanol–water partition coefficient (Wildman–Crippen LogP) is 6.01. The molecule has 0 bridgehead atoms. The van der Waals surface area contributed by atoms with Crippen molar-refractivity contribution >= 4 is 69.5 Å². The Morgan fingerprint density at radius 2 is 1.60 bits per heavy atom. The minimum absolute atomic E-state index is 0. The van der Waals surface area contributed by atoms with E-state index < -0.39 is 0 Å². The lowest BCUT2D eigenvalue weighted by atomic mass is 9.96. The van der Waals surface area contributed by atoms with Crippen LogP contribution in [0.2, 0.25) is 0 Å². The Bertz CT molecular complexity index is 1160. The molecule has 0 atom stereocenters. The Labute approximate surface area is 231 Å². The van der Waals surface area contributed by atoms with Gasteiger partial charge in [0.05, 0.1) is 16.3 Å². The summed E-state index contributed by atoms with van der Waals surface area (Å²) in [6.45, 7) is 8.84. The lowest BCUT2D eigenvalue weighted by Gasteiger charge is -2.32. The Morgan fingerprint density at radius 1 is 0.943 bits per heavy atom. The smallest absolute Gasteiger partial charge is 0.186 e. The zero-order chi connectivity index (χ0) is 22.1. The number of phenolic OH excluding ortho intramolecular Hbond substituents is 1. The number of rotatable bonds is 5. The molecule has 1 aromatic heterocycles. The third-order valence-electron chi connectivity index (χ3n) is 7.36. The molecule has 1 saturated carbocycles. The van der Waals surface area contributed by atoms with Gasteiger partial charge in [0, 0.05) is 49.1 Å². The molecule has 0 amide bonds. The van der Waals surface area contributed by atoms with E-state index in [0.717, 1.165) is 40.6 Å². The topological polar surface area (TPSA) is 44.0 Å². The molecule has 5 nitrogen and oxygen atoms in total. The van der Waals surface area contributed by atoms with Crippen molar-refractivity contribution in [2.24, 2.45) is 4.99 Å². The zero-order valence-electron chi connectivity index (χ0n) is 20.7. The summed E-state index contributed by atoms with van der Waals surface area (Å²) in [5, 5.41) is 13.0. The van der Waals surface area contributed by atoms with Gasteiger partial charge in [0.25, 0.3) is 0 Å². The number of aromatic hydroxyl groups is 1. The van der Waals surface area contributed by atoms with Gasteiger partial charge in [-0.05, 0) is 39.8 Å². The van der Waals surface area contributed by atoms with Crippen molar-refractivity contribution in [3.8, 4) is 5.75 Å². The van der Waals surface area contributed by atoms with Crippen molar-refractivity contribution < 1.29 is 5.11 Å². The van der Waals surface area contributed by atoms with Crippen LogP contribution in [0.15, 0.2) is 29.3 Å². The van der Waals surface area contributed by atoms with Crippen molar-refractivity contribution in [3.05, 3.63) is 34.6 Å². The number of benzene rings is 2. The van der Waals surface area contributed by atoms with E-state index in [-0.39, 0.29) is 37.2 Å². The predicted molar refractivity (Wildman–Crippen MR) is 156 cm³/mol. The molecular weight excluding hydrogens is 523 g/mol. The average Bonchev–Trinajstić information content (AvgIpc) is 3.18. The summed E-state index contributed by atoms with van der Waals surface area (Å²) in [6, 6.07) is 8.75. The van der Waals surface area contributed by atoms with Gasteiger partial charge in [-0.3, -0.25) is 4.99 Å². The first-order valence-electron chi connectivity index (χ1n) is 12.3. The van der Waals surface area contributed by atoms with Crippen LogP contribution in [0.3, 0.4) is 0 Å². The number of hydrogen-bond donors (Lipinski definition) is 1. The summed E-state index contributed by atoms with van der Waals surface area (Å²) in [7, 11) is 2.21. The fourth-order valence-corrected chi connectivity index (χ4v) is 6.58. The molecule has 0 spiro atoms. The van der Waals surface area contributed by atoms with E-state index in [1.54, 1.807) is 11.3 Å². The molecule has 9 heteroatoms. The van der Waals surface area contributed by atoms with Crippen LogP contribution in [-0.2, 0) is 6.54 Å². The summed E-state index contributed by atoms with van der Waals surface area (Å²) in [4.78, 5) is 11.4. The maximum absolute atomic E-state index is 10.9. The number of piperazine rings is 1. The van der Waals surface area contributed by atoms with Crippen LogP contribution >= 0.6 is 48.6 Å². The largest absolute Gasteiger partial charge is 0.507 e. The molecular formula is C26H39Cl3N4OS. The average molecular weight is 562 g/mol. The first-order valence-corrected chi connectivity index (χ1v) is 13.1. The summed E-state index contributed by atoms with van der Waals surface area (Å²) < 4.78 is 3.66. The van der Waals surface area contributed by atoms with E-state index in [0.29, 0.717) is 11.8 Å². The lowest BCUT2D eigenvalue weighted by Crippen LogP contribution is -2.44. The Hall–Kier alpha value is -1.02. The summed E-state index contributed by atoms with van der Waals surface area (Å²) in [5.41, 5.74) is 2.25. The second kappa shape index (κ2) is 13.5. The number of phenols is 1. The van der Waals surface area contributed by atoms with Gasteiger partial charge in [0.15, 0.2) is 4.80 Å². The van der Waals surface area contributed by atoms with Crippen molar-refractivity contribution in [1.82, 2.24) is 14.4 Å². The third-order valence-corrected chi connectivity index (χ3v) is 8.57. The second-order valence-electron chi connectivity index (χ2n) is 9.65. The van der Waals surface area contributed by atoms with Crippen LogP contribution in [-0.4, -0.2) is 65.3 Å². The molecule has 2 aromatic carbocycles. The molecule has 1 saturated heterocycles. The molecule has 2 heterocycles. The van der Waals surface area contributed by atoms with E-state index in [1.165, 1.54) is 68.5 Å². The molecule has 3 aromatic rings. The number of fused-ring (bicyclic) bond motifs is 3. The van der Waals surface area contributed by atoms with Gasteiger partial charge in [0.1, 0.15) is 5.75 Å². The van der Waals surface area contributed by atoms with Gasteiger partial charge in [-0.25, -0.2) is 0 Å². The van der Waals surface area contributed by atoms with Crippen LogP contribution in [0, 0.1) is 6.92 Å². The van der Waals surface area contributed by atoms with E-state index >= 15 is 0 Å². The van der Waals surface area contributed by atoms with Crippen LogP contribution in [0.25, 0.3) is 21.0 Å². The van der Waals surface area contributed by atoms with Gasteiger partial charge in [-0.15, -0.1) is 37.2 Å². The van der Waals surface area contributed by atoms with Crippen LogP contribution < -0.4 is 4.80 Å². The number of likely N-dealkylation sites (N-methyl/N-ethyl adjacent to an activating group) is 1. The standard InChI is InChI=1S/C26H36N4OS.3ClH/c1-19-24(31)22-12-7-6-11-21(22)23-25(19)32-26(27-20-9-4-3-5-10-20)30(23)14-8-13-29-17-15-28(2)16-18-29;;;/h6-7,11-12,20,31H,3-5,8-10,13-18H2,1-2H3;3*1H/b27-26+;;;. The van der Waals surface area contributed by atoms with Crippen molar-refractivity contribution in [1.29, 1.82) is 0 Å². The minimum Gasteiger partial charge on any atom is -0.507 e. The van der Waals surface area contributed by atoms with E-state index in [4.69, 9.17) is 4.99 Å². The first-order chi connectivity index (χ1) is 15.6. The lowest BCUT2D eigenvalue weighted by molar-refractivity contribution is 0.151. The van der Waals surface area contributed by atoms with Gasteiger partial charge in [-0.2, -0.15) is 0 Å².